The van der Waals surface area contributed by atoms with E-state index in [0.29, 0.717) is 13.0 Å². The van der Waals surface area contributed by atoms with Gasteiger partial charge in [-0.05, 0) is 62.4 Å². The number of hydrogen-bond acceptors (Lipinski definition) is 4. The number of carbonyl (C=O) groups is 1. The summed E-state index contributed by atoms with van der Waals surface area (Å²) in [5.41, 5.74) is 2.06. The summed E-state index contributed by atoms with van der Waals surface area (Å²) in [6.07, 6.45) is 4.32. The molecule has 2 aromatic rings. The van der Waals surface area contributed by atoms with Crippen LogP contribution in [0.4, 0.5) is 4.39 Å². The van der Waals surface area contributed by atoms with Crippen molar-refractivity contribution in [1.29, 1.82) is 0 Å². The van der Waals surface area contributed by atoms with Gasteiger partial charge in [0, 0.05) is 19.5 Å². The lowest BCUT2D eigenvalue weighted by molar-refractivity contribution is -0.143. The number of esters is 1. The molecule has 1 unspecified atom stereocenters. The van der Waals surface area contributed by atoms with E-state index in [-0.39, 0.29) is 36.4 Å². The van der Waals surface area contributed by atoms with Gasteiger partial charge >= 0.3 is 5.97 Å². The molecule has 0 N–H and O–H groups in total. The predicted octanol–water partition coefficient (Wildman–Crippen LogP) is 5.55. The zero-order chi connectivity index (χ0) is 21.2. The maximum Gasteiger partial charge on any atom is 0.305 e. The van der Waals surface area contributed by atoms with E-state index in [1.54, 1.807) is 0 Å². The quantitative estimate of drug-likeness (QED) is 0.352. The second kappa shape index (κ2) is 13.5. The molecular formula is C25H33ClFNO3. The van der Waals surface area contributed by atoms with E-state index in [1.807, 2.05) is 37.3 Å². The standard InChI is InChI=1S/C25H32FNO3.ClH/c1-2-29-24(28)10-6-7-17-27-18-15-23(16-19-27)30-25(20-8-4-3-5-9-20)21-11-13-22(26)14-12-21;/h3-5,8-9,11-14,23,25H,2,6-7,10,15-19H2,1H3;1H. The summed E-state index contributed by atoms with van der Waals surface area (Å²) < 4.78 is 24.9. The van der Waals surface area contributed by atoms with Crippen molar-refractivity contribution in [2.75, 3.05) is 26.2 Å². The second-order valence-corrected chi connectivity index (χ2v) is 7.78. The third-order valence-electron chi connectivity index (χ3n) is 5.55. The molecule has 0 amide bonds. The van der Waals surface area contributed by atoms with Gasteiger partial charge in [0.1, 0.15) is 11.9 Å². The van der Waals surface area contributed by atoms with Crippen LogP contribution in [0.25, 0.3) is 0 Å². The van der Waals surface area contributed by atoms with Gasteiger partial charge in [0.05, 0.1) is 12.7 Å². The number of unbranched alkanes of at least 4 members (excludes halogenated alkanes) is 1. The monoisotopic (exact) mass is 449 g/mol. The van der Waals surface area contributed by atoms with E-state index in [4.69, 9.17) is 9.47 Å². The molecule has 1 aliphatic heterocycles. The summed E-state index contributed by atoms with van der Waals surface area (Å²) in [6.45, 7) is 5.28. The molecule has 0 bridgehead atoms. The van der Waals surface area contributed by atoms with E-state index in [9.17, 15) is 9.18 Å². The molecule has 0 aliphatic carbocycles. The van der Waals surface area contributed by atoms with Crippen LogP contribution in [-0.4, -0.2) is 43.2 Å². The van der Waals surface area contributed by atoms with Crippen LogP contribution < -0.4 is 0 Å². The molecule has 0 saturated carbocycles. The maximum atomic E-state index is 13.4. The zero-order valence-corrected chi connectivity index (χ0v) is 19.0. The van der Waals surface area contributed by atoms with Crippen LogP contribution in [0.1, 0.15) is 56.3 Å². The number of rotatable bonds is 10. The average molecular weight is 450 g/mol. The SMILES string of the molecule is CCOC(=O)CCCCN1CCC(OC(c2ccccc2)c2ccc(F)cc2)CC1.Cl. The number of nitrogens with zero attached hydrogens (tertiary/aromatic N) is 1. The highest BCUT2D eigenvalue weighted by Gasteiger charge is 2.24. The van der Waals surface area contributed by atoms with E-state index < -0.39 is 0 Å². The topological polar surface area (TPSA) is 38.8 Å². The van der Waals surface area contributed by atoms with Crippen LogP contribution in [0.2, 0.25) is 0 Å². The molecule has 170 valence electrons. The van der Waals surface area contributed by atoms with Crippen molar-refractivity contribution in [3.05, 3.63) is 71.5 Å². The summed E-state index contributed by atoms with van der Waals surface area (Å²) in [5.74, 6) is -0.334. The highest BCUT2D eigenvalue weighted by atomic mass is 35.5. The molecular weight excluding hydrogens is 417 g/mol. The van der Waals surface area contributed by atoms with Crippen LogP contribution in [0.15, 0.2) is 54.6 Å². The number of ether oxygens (including phenoxy) is 2. The van der Waals surface area contributed by atoms with Crippen molar-refractivity contribution in [2.45, 2.75) is 51.2 Å². The van der Waals surface area contributed by atoms with Crippen LogP contribution in [0.3, 0.4) is 0 Å². The molecule has 2 aromatic carbocycles. The molecule has 0 spiro atoms. The van der Waals surface area contributed by atoms with Gasteiger partial charge in [0.25, 0.3) is 0 Å². The van der Waals surface area contributed by atoms with Crippen molar-refractivity contribution in [1.82, 2.24) is 4.90 Å². The fourth-order valence-corrected chi connectivity index (χ4v) is 3.91. The van der Waals surface area contributed by atoms with Gasteiger partial charge in [-0.2, -0.15) is 0 Å². The lowest BCUT2D eigenvalue weighted by Gasteiger charge is -2.34. The van der Waals surface area contributed by atoms with Gasteiger partial charge in [-0.15, -0.1) is 12.4 Å². The number of halogens is 2. The summed E-state index contributed by atoms with van der Waals surface area (Å²) >= 11 is 0. The molecule has 1 aliphatic rings. The van der Waals surface area contributed by atoms with Crippen molar-refractivity contribution in [3.8, 4) is 0 Å². The minimum atomic E-state index is -0.234. The number of hydrogen-bond donors (Lipinski definition) is 0. The second-order valence-electron chi connectivity index (χ2n) is 7.78. The Balaban J connectivity index is 0.00000341. The number of carbonyl (C=O) groups excluding carboxylic acids is 1. The molecule has 31 heavy (non-hydrogen) atoms. The van der Waals surface area contributed by atoms with Gasteiger partial charge in [-0.25, -0.2) is 4.39 Å². The van der Waals surface area contributed by atoms with Crippen molar-refractivity contribution < 1.29 is 18.7 Å². The minimum absolute atomic E-state index is 0. The first-order valence-corrected chi connectivity index (χ1v) is 11.0. The fraction of sp³-hybridized carbons (Fsp3) is 0.480. The first-order valence-electron chi connectivity index (χ1n) is 11.0. The van der Waals surface area contributed by atoms with E-state index in [1.165, 1.54) is 12.1 Å². The molecule has 3 rings (SSSR count). The smallest absolute Gasteiger partial charge is 0.305 e. The van der Waals surface area contributed by atoms with Crippen molar-refractivity contribution in [2.24, 2.45) is 0 Å². The lowest BCUT2D eigenvalue weighted by Crippen LogP contribution is -2.38. The van der Waals surface area contributed by atoms with E-state index in [2.05, 4.69) is 17.0 Å². The molecule has 1 saturated heterocycles. The number of likely N-dealkylation sites (tertiary alicyclic amines) is 1. The third kappa shape index (κ3) is 8.24. The Morgan fingerprint density at radius 2 is 1.68 bits per heavy atom. The van der Waals surface area contributed by atoms with Crippen molar-refractivity contribution in [3.63, 3.8) is 0 Å². The third-order valence-corrected chi connectivity index (χ3v) is 5.55. The summed E-state index contributed by atoms with van der Waals surface area (Å²) in [7, 11) is 0. The van der Waals surface area contributed by atoms with E-state index in [0.717, 1.165) is 56.4 Å². The molecule has 4 nitrogen and oxygen atoms in total. The predicted molar refractivity (Wildman–Crippen MR) is 123 cm³/mol. The van der Waals surface area contributed by atoms with Gasteiger partial charge in [0.2, 0.25) is 0 Å². The van der Waals surface area contributed by atoms with E-state index >= 15 is 0 Å². The summed E-state index contributed by atoms with van der Waals surface area (Å²) in [4.78, 5) is 13.9. The molecule has 1 heterocycles. The van der Waals surface area contributed by atoms with Gasteiger partial charge < -0.3 is 14.4 Å². The molecule has 6 heteroatoms. The Morgan fingerprint density at radius 3 is 2.32 bits per heavy atom. The Labute approximate surface area is 191 Å². The van der Waals surface area contributed by atoms with Gasteiger partial charge in [-0.1, -0.05) is 42.5 Å². The summed E-state index contributed by atoms with van der Waals surface area (Å²) in [5, 5.41) is 0. The first-order chi connectivity index (χ1) is 14.7. The lowest BCUT2D eigenvalue weighted by atomic mass is 10.00. The fourth-order valence-electron chi connectivity index (χ4n) is 3.91. The number of piperidine rings is 1. The largest absolute Gasteiger partial charge is 0.466 e. The molecule has 1 fully saturated rings. The normalized spacial score (nSPS) is 15.8. The minimum Gasteiger partial charge on any atom is -0.466 e. The first kappa shape index (κ1) is 25.3. The number of benzene rings is 2. The molecule has 1 atom stereocenters. The Morgan fingerprint density at radius 1 is 1.03 bits per heavy atom. The average Bonchev–Trinajstić information content (AvgIpc) is 2.77. The highest BCUT2D eigenvalue weighted by Crippen LogP contribution is 2.30. The van der Waals surface area contributed by atoms with Crippen LogP contribution in [0, 0.1) is 5.82 Å². The molecule has 0 radical (unpaired) electrons. The van der Waals surface area contributed by atoms with Gasteiger partial charge in [0.15, 0.2) is 0 Å². The zero-order valence-electron chi connectivity index (χ0n) is 18.2. The van der Waals surface area contributed by atoms with Crippen LogP contribution in [0.5, 0.6) is 0 Å². The van der Waals surface area contributed by atoms with Crippen LogP contribution in [-0.2, 0) is 14.3 Å². The highest BCUT2D eigenvalue weighted by molar-refractivity contribution is 5.85. The van der Waals surface area contributed by atoms with Gasteiger partial charge in [-0.3, -0.25) is 4.79 Å². The van der Waals surface area contributed by atoms with Crippen LogP contribution >= 0.6 is 12.4 Å². The maximum absolute atomic E-state index is 13.4. The van der Waals surface area contributed by atoms with Crippen molar-refractivity contribution >= 4 is 18.4 Å². The summed E-state index contributed by atoms with van der Waals surface area (Å²) in [6, 6.07) is 16.7. The molecule has 0 aromatic heterocycles. The Bertz CT molecular complexity index is 764. The Kier molecular flexibility index (Phi) is 11.0. The Hall–Kier alpha value is -1.95.